The summed E-state index contributed by atoms with van der Waals surface area (Å²) in [6.07, 6.45) is 2.07. The second kappa shape index (κ2) is 6.68. The largest absolute Gasteiger partial charge is 0.375 e. The first-order valence-corrected chi connectivity index (χ1v) is 8.70. The number of piperidine rings is 1. The summed E-state index contributed by atoms with van der Waals surface area (Å²) in [5, 5.41) is 5.19. The fraction of sp³-hybridized carbons (Fsp3) is 0.412. The average molecular weight is 330 g/mol. The number of nitrogens with one attached hydrogen (secondary N) is 1. The number of thiazole rings is 1. The van der Waals surface area contributed by atoms with Gasteiger partial charge in [-0.3, -0.25) is 4.79 Å². The van der Waals surface area contributed by atoms with Crippen LogP contribution in [0.3, 0.4) is 0 Å². The van der Waals surface area contributed by atoms with E-state index in [1.807, 2.05) is 6.07 Å². The Morgan fingerprint density at radius 2 is 2.04 bits per heavy atom. The lowest BCUT2D eigenvalue weighted by Crippen LogP contribution is -2.48. The van der Waals surface area contributed by atoms with Gasteiger partial charge in [-0.05, 0) is 38.5 Å². The van der Waals surface area contributed by atoms with Crippen LogP contribution < -0.4 is 11.1 Å². The zero-order valence-corrected chi connectivity index (χ0v) is 14.1. The average Bonchev–Trinajstić information content (AvgIpc) is 3.02. The summed E-state index contributed by atoms with van der Waals surface area (Å²) in [6, 6.07) is 10.5. The lowest BCUT2D eigenvalue weighted by atomic mass is 9.72. The molecule has 0 aliphatic carbocycles. The smallest absolute Gasteiger partial charge is 0.270 e. The molecule has 3 rings (SSSR count). The molecular weight excluding hydrogens is 308 g/mol. The van der Waals surface area contributed by atoms with Crippen molar-refractivity contribution in [2.75, 3.05) is 32.4 Å². The fourth-order valence-corrected chi connectivity index (χ4v) is 3.68. The Bertz CT molecular complexity index is 662. The molecule has 1 aromatic heterocycles. The number of nitrogen functional groups attached to an aromatic ring is 1. The molecule has 6 heteroatoms. The molecule has 1 aliphatic heterocycles. The topological polar surface area (TPSA) is 71.2 Å². The molecule has 2 heterocycles. The van der Waals surface area contributed by atoms with E-state index in [-0.39, 0.29) is 11.3 Å². The van der Waals surface area contributed by atoms with Crippen LogP contribution in [-0.4, -0.2) is 42.5 Å². The minimum Gasteiger partial charge on any atom is -0.375 e. The van der Waals surface area contributed by atoms with Gasteiger partial charge in [-0.15, -0.1) is 11.3 Å². The van der Waals surface area contributed by atoms with E-state index in [1.165, 1.54) is 16.9 Å². The Morgan fingerprint density at radius 3 is 2.65 bits per heavy atom. The summed E-state index contributed by atoms with van der Waals surface area (Å²) in [4.78, 5) is 18.7. The molecule has 1 aromatic carbocycles. The second-order valence-electron chi connectivity index (χ2n) is 6.20. The van der Waals surface area contributed by atoms with Gasteiger partial charge in [0.1, 0.15) is 5.69 Å². The maximum atomic E-state index is 12.3. The number of rotatable bonds is 4. The lowest BCUT2D eigenvalue weighted by Gasteiger charge is -2.41. The third kappa shape index (κ3) is 3.54. The Labute approximate surface area is 140 Å². The molecule has 0 unspecified atom stereocenters. The van der Waals surface area contributed by atoms with Crippen molar-refractivity contribution < 1.29 is 4.79 Å². The Kier molecular flexibility index (Phi) is 4.63. The molecule has 1 aliphatic rings. The highest BCUT2D eigenvalue weighted by Crippen LogP contribution is 2.34. The monoisotopic (exact) mass is 330 g/mol. The van der Waals surface area contributed by atoms with Crippen LogP contribution in [0.2, 0.25) is 0 Å². The van der Waals surface area contributed by atoms with E-state index in [4.69, 9.17) is 5.73 Å². The molecule has 23 heavy (non-hydrogen) atoms. The summed E-state index contributed by atoms with van der Waals surface area (Å²) in [5.41, 5.74) is 7.30. The van der Waals surface area contributed by atoms with E-state index < -0.39 is 0 Å². The summed E-state index contributed by atoms with van der Waals surface area (Å²) in [6.45, 7) is 2.70. The van der Waals surface area contributed by atoms with Crippen molar-refractivity contribution in [3.8, 4) is 0 Å². The van der Waals surface area contributed by atoms with Gasteiger partial charge in [-0.25, -0.2) is 4.98 Å². The number of carbonyl (C=O) groups excluding carboxylic acids is 1. The van der Waals surface area contributed by atoms with Gasteiger partial charge in [0.05, 0.1) is 0 Å². The molecule has 0 radical (unpaired) electrons. The first-order chi connectivity index (χ1) is 11.1. The molecule has 0 saturated carbocycles. The van der Waals surface area contributed by atoms with Gasteiger partial charge in [-0.2, -0.15) is 0 Å². The van der Waals surface area contributed by atoms with Crippen molar-refractivity contribution in [3.63, 3.8) is 0 Å². The van der Waals surface area contributed by atoms with Crippen molar-refractivity contribution in [1.82, 2.24) is 15.2 Å². The van der Waals surface area contributed by atoms with E-state index in [0.29, 0.717) is 17.4 Å². The second-order valence-corrected chi connectivity index (χ2v) is 7.09. The van der Waals surface area contributed by atoms with Gasteiger partial charge in [0.25, 0.3) is 5.91 Å². The number of hydrogen-bond donors (Lipinski definition) is 2. The molecule has 0 spiro atoms. The van der Waals surface area contributed by atoms with Gasteiger partial charge in [0, 0.05) is 17.3 Å². The highest BCUT2D eigenvalue weighted by atomic mass is 32.1. The molecule has 1 amide bonds. The number of hydrogen-bond acceptors (Lipinski definition) is 5. The van der Waals surface area contributed by atoms with Crippen molar-refractivity contribution in [1.29, 1.82) is 0 Å². The summed E-state index contributed by atoms with van der Waals surface area (Å²) in [5.74, 6) is -0.146. The van der Waals surface area contributed by atoms with Crippen LogP contribution in [0.25, 0.3) is 0 Å². The SMILES string of the molecule is CN1CCC(CNC(=O)c2csc(N)n2)(c2ccccc2)CC1. The van der Waals surface area contributed by atoms with Crippen molar-refractivity contribution >= 4 is 22.4 Å². The standard InChI is InChI=1S/C17H22N4OS/c1-21-9-7-17(8-10-21,13-5-3-2-4-6-13)12-19-15(22)14-11-23-16(18)20-14/h2-6,11H,7-10,12H2,1H3,(H2,18,20)(H,19,22). The van der Waals surface area contributed by atoms with E-state index in [0.717, 1.165) is 25.9 Å². The number of nitrogens with zero attached hydrogens (tertiary/aromatic N) is 2. The maximum absolute atomic E-state index is 12.3. The Hall–Kier alpha value is -1.92. The van der Waals surface area contributed by atoms with Crippen LogP contribution in [0.15, 0.2) is 35.7 Å². The number of carbonyl (C=O) groups is 1. The summed E-state index contributed by atoms with van der Waals surface area (Å²) < 4.78 is 0. The minimum absolute atomic E-state index is 0.00893. The van der Waals surface area contributed by atoms with Crippen LogP contribution in [0.5, 0.6) is 0 Å². The normalized spacial score (nSPS) is 17.8. The molecule has 3 N–H and O–H groups in total. The Morgan fingerprint density at radius 1 is 1.35 bits per heavy atom. The third-order valence-corrected chi connectivity index (χ3v) is 5.35. The van der Waals surface area contributed by atoms with Crippen molar-refractivity contribution in [3.05, 3.63) is 47.0 Å². The van der Waals surface area contributed by atoms with Crippen LogP contribution in [-0.2, 0) is 5.41 Å². The van der Waals surface area contributed by atoms with E-state index >= 15 is 0 Å². The van der Waals surface area contributed by atoms with Gasteiger partial charge in [0.15, 0.2) is 5.13 Å². The molecule has 122 valence electrons. The number of nitrogens with two attached hydrogens (primary N) is 1. The predicted octanol–water partition coefficient (Wildman–Crippen LogP) is 2.12. The fourth-order valence-electron chi connectivity index (χ4n) is 3.14. The predicted molar refractivity (Wildman–Crippen MR) is 93.7 cm³/mol. The van der Waals surface area contributed by atoms with Crippen molar-refractivity contribution in [2.24, 2.45) is 0 Å². The van der Waals surface area contributed by atoms with Crippen LogP contribution in [0, 0.1) is 0 Å². The summed E-state index contributed by atoms with van der Waals surface area (Å²) in [7, 11) is 2.14. The van der Waals surface area contributed by atoms with E-state index in [2.05, 4.69) is 46.5 Å². The Balaban J connectivity index is 1.76. The molecule has 5 nitrogen and oxygen atoms in total. The first-order valence-electron chi connectivity index (χ1n) is 7.82. The lowest BCUT2D eigenvalue weighted by molar-refractivity contribution is 0.0923. The van der Waals surface area contributed by atoms with Crippen LogP contribution in [0.1, 0.15) is 28.9 Å². The number of anilines is 1. The van der Waals surface area contributed by atoms with Gasteiger partial charge in [-0.1, -0.05) is 30.3 Å². The van der Waals surface area contributed by atoms with E-state index in [9.17, 15) is 4.79 Å². The minimum atomic E-state index is -0.146. The van der Waals surface area contributed by atoms with Gasteiger partial charge < -0.3 is 16.0 Å². The maximum Gasteiger partial charge on any atom is 0.270 e. The first kappa shape index (κ1) is 16.0. The molecule has 1 fully saturated rings. The zero-order chi connectivity index (χ0) is 16.3. The highest BCUT2D eigenvalue weighted by Gasteiger charge is 2.35. The van der Waals surface area contributed by atoms with E-state index in [1.54, 1.807) is 5.38 Å². The van der Waals surface area contributed by atoms with Gasteiger partial charge in [0.2, 0.25) is 0 Å². The van der Waals surface area contributed by atoms with Gasteiger partial charge >= 0.3 is 0 Å². The quantitative estimate of drug-likeness (QED) is 0.901. The molecule has 2 aromatic rings. The number of aromatic nitrogens is 1. The number of likely N-dealkylation sites (tertiary alicyclic amines) is 1. The molecule has 1 saturated heterocycles. The molecule has 0 bridgehead atoms. The van der Waals surface area contributed by atoms with Crippen LogP contribution >= 0.6 is 11.3 Å². The van der Waals surface area contributed by atoms with Crippen LogP contribution in [0.4, 0.5) is 5.13 Å². The summed E-state index contributed by atoms with van der Waals surface area (Å²) >= 11 is 1.29. The molecule has 0 atom stereocenters. The third-order valence-electron chi connectivity index (χ3n) is 4.67. The zero-order valence-electron chi connectivity index (χ0n) is 13.3. The van der Waals surface area contributed by atoms with Crippen molar-refractivity contribution in [2.45, 2.75) is 18.3 Å². The highest BCUT2D eigenvalue weighted by molar-refractivity contribution is 7.13. The number of benzene rings is 1. The molecular formula is C17H22N4OS. The number of amides is 1.